The van der Waals surface area contributed by atoms with Crippen LogP contribution in [-0.4, -0.2) is 11.8 Å². The van der Waals surface area contributed by atoms with Crippen LogP contribution in [0.25, 0.3) is 0 Å². The molecule has 0 aromatic heterocycles. The molecule has 3 aromatic carbocycles. The van der Waals surface area contributed by atoms with Crippen molar-refractivity contribution in [2.24, 2.45) is 0 Å². The quantitative estimate of drug-likeness (QED) is 0.644. The Morgan fingerprint density at radius 2 is 1.37 bits per heavy atom. The molecule has 0 radical (unpaired) electrons. The molecule has 0 unspecified atom stereocenters. The van der Waals surface area contributed by atoms with E-state index in [1.165, 1.54) is 24.3 Å². The standard InChI is InChI=1S/C21H16ClFN2O2/c1-13-2-7-16(22)12-19(13)25-21(27)15-5-3-14(4-6-15)20(26)24-18-10-8-17(23)9-11-18/h2-12H,1H3,(H,24,26)(H,25,27). The SMILES string of the molecule is Cc1ccc(Cl)cc1NC(=O)c1ccc(C(=O)Nc2ccc(F)cc2)cc1. The van der Waals surface area contributed by atoms with Crippen LogP contribution in [0.2, 0.25) is 5.02 Å². The molecule has 0 spiro atoms. The molecule has 0 saturated carbocycles. The Morgan fingerprint density at radius 1 is 0.815 bits per heavy atom. The fourth-order valence-electron chi connectivity index (χ4n) is 2.43. The van der Waals surface area contributed by atoms with E-state index < -0.39 is 0 Å². The Morgan fingerprint density at radius 3 is 1.96 bits per heavy atom. The third-order valence-corrected chi connectivity index (χ3v) is 4.19. The van der Waals surface area contributed by atoms with Crippen molar-refractivity contribution in [3.8, 4) is 0 Å². The zero-order chi connectivity index (χ0) is 19.4. The van der Waals surface area contributed by atoms with Crippen molar-refractivity contribution in [2.45, 2.75) is 6.92 Å². The third-order valence-electron chi connectivity index (χ3n) is 3.96. The predicted octanol–water partition coefficient (Wildman–Crippen LogP) is 5.29. The molecule has 27 heavy (non-hydrogen) atoms. The van der Waals surface area contributed by atoms with Crippen LogP contribution in [0.5, 0.6) is 0 Å². The van der Waals surface area contributed by atoms with E-state index in [-0.39, 0.29) is 17.6 Å². The molecule has 2 amide bonds. The number of amides is 2. The molecule has 0 aliphatic rings. The Labute approximate surface area is 161 Å². The third kappa shape index (κ3) is 4.71. The summed E-state index contributed by atoms with van der Waals surface area (Å²) in [7, 11) is 0. The molecular formula is C21H16ClFN2O2. The summed E-state index contributed by atoms with van der Waals surface area (Å²) in [6.45, 7) is 1.87. The average molecular weight is 383 g/mol. The first-order valence-corrected chi connectivity index (χ1v) is 8.54. The Balaban J connectivity index is 1.68. The molecule has 2 N–H and O–H groups in total. The van der Waals surface area contributed by atoms with Crippen LogP contribution in [-0.2, 0) is 0 Å². The van der Waals surface area contributed by atoms with E-state index >= 15 is 0 Å². The van der Waals surface area contributed by atoms with E-state index in [0.717, 1.165) is 5.56 Å². The van der Waals surface area contributed by atoms with Gasteiger partial charge >= 0.3 is 0 Å². The summed E-state index contributed by atoms with van der Waals surface area (Å²) in [6.07, 6.45) is 0. The van der Waals surface area contributed by atoms with E-state index in [1.54, 1.807) is 36.4 Å². The van der Waals surface area contributed by atoms with Gasteiger partial charge < -0.3 is 10.6 Å². The molecule has 3 rings (SSSR count). The lowest BCUT2D eigenvalue weighted by molar-refractivity contribution is 0.101. The lowest BCUT2D eigenvalue weighted by Gasteiger charge is -2.10. The fourth-order valence-corrected chi connectivity index (χ4v) is 2.60. The van der Waals surface area contributed by atoms with E-state index in [0.29, 0.717) is 27.5 Å². The molecule has 0 bridgehead atoms. The zero-order valence-corrected chi connectivity index (χ0v) is 15.2. The maximum absolute atomic E-state index is 12.9. The summed E-state index contributed by atoms with van der Waals surface area (Å²) in [5.74, 6) is -1.02. The van der Waals surface area contributed by atoms with E-state index in [9.17, 15) is 14.0 Å². The van der Waals surface area contributed by atoms with Crippen molar-refractivity contribution < 1.29 is 14.0 Å². The molecule has 3 aromatic rings. The number of carbonyl (C=O) groups excluding carboxylic acids is 2. The van der Waals surface area contributed by atoms with Crippen molar-refractivity contribution in [1.29, 1.82) is 0 Å². The molecule has 0 aliphatic carbocycles. The van der Waals surface area contributed by atoms with Crippen molar-refractivity contribution in [3.05, 3.63) is 94.3 Å². The van der Waals surface area contributed by atoms with Crippen LogP contribution in [0.15, 0.2) is 66.7 Å². The van der Waals surface area contributed by atoms with Gasteiger partial charge in [-0.15, -0.1) is 0 Å². The van der Waals surface area contributed by atoms with Gasteiger partial charge in [-0.05, 0) is 73.2 Å². The maximum atomic E-state index is 12.9. The molecule has 0 atom stereocenters. The van der Waals surface area contributed by atoms with Gasteiger partial charge in [0.1, 0.15) is 5.82 Å². The number of benzene rings is 3. The number of nitrogens with one attached hydrogen (secondary N) is 2. The topological polar surface area (TPSA) is 58.2 Å². The normalized spacial score (nSPS) is 10.3. The average Bonchev–Trinajstić information content (AvgIpc) is 2.66. The lowest BCUT2D eigenvalue weighted by Crippen LogP contribution is -2.14. The highest BCUT2D eigenvalue weighted by atomic mass is 35.5. The number of hydrogen-bond acceptors (Lipinski definition) is 2. The maximum Gasteiger partial charge on any atom is 0.255 e. The highest BCUT2D eigenvalue weighted by Crippen LogP contribution is 2.21. The zero-order valence-electron chi connectivity index (χ0n) is 14.4. The minimum absolute atomic E-state index is 0.300. The van der Waals surface area contributed by atoms with Gasteiger partial charge in [-0.3, -0.25) is 9.59 Å². The molecule has 136 valence electrons. The fraction of sp³-hybridized carbons (Fsp3) is 0.0476. The van der Waals surface area contributed by atoms with Crippen LogP contribution < -0.4 is 10.6 Å². The smallest absolute Gasteiger partial charge is 0.255 e. The van der Waals surface area contributed by atoms with Gasteiger partial charge in [0.15, 0.2) is 0 Å². The number of anilines is 2. The van der Waals surface area contributed by atoms with Crippen LogP contribution in [0.1, 0.15) is 26.3 Å². The van der Waals surface area contributed by atoms with Gasteiger partial charge in [0.05, 0.1) is 0 Å². The van der Waals surface area contributed by atoms with Crippen molar-refractivity contribution in [2.75, 3.05) is 10.6 Å². The van der Waals surface area contributed by atoms with Crippen LogP contribution >= 0.6 is 11.6 Å². The largest absolute Gasteiger partial charge is 0.322 e. The molecular weight excluding hydrogens is 367 g/mol. The molecule has 0 saturated heterocycles. The second-order valence-corrected chi connectivity index (χ2v) is 6.39. The van der Waals surface area contributed by atoms with Crippen LogP contribution in [0.4, 0.5) is 15.8 Å². The van der Waals surface area contributed by atoms with E-state index in [2.05, 4.69) is 10.6 Å². The highest BCUT2D eigenvalue weighted by Gasteiger charge is 2.11. The van der Waals surface area contributed by atoms with Crippen molar-refractivity contribution in [1.82, 2.24) is 0 Å². The highest BCUT2D eigenvalue weighted by molar-refractivity contribution is 6.31. The second kappa shape index (κ2) is 8.01. The molecule has 0 aliphatic heterocycles. The van der Waals surface area contributed by atoms with Gasteiger partial charge in [-0.25, -0.2) is 4.39 Å². The monoisotopic (exact) mass is 382 g/mol. The Kier molecular flexibility index (Phi) is 5.52. The number of aryl methyl sites for hydroxylation is 1. The van der Waals surface area contributed by atoms with Crippen molar-refractivity contribution in [3.63, 3.8) is 0 Å². The van der Waals surface area contributed by atoms with E-state index in [4.69, 9.17) is 11.6 Å². The molecule has 0 heterocycles. The minimum atomic E-state index is -0.377. The molecule has 6 heteroatoms. The Bertz CT molecular complexity index is 986. The summed E-state index contributed by atoms with van der Waals surface area (Å²) in [5, 5.41) is 6.00. The summed E-state index contributed by atoms with van der Waals surface area (Å²) in [6, 6.07) is 17.0. The number of rotatable bonds is 4. The van der Waals surface area contributed by atoms with Gasteiger partial charge in [0.25, 0.3) is 11.8 Å². The number of halogens is 2. The van der Waals surface area contributed by atoms with Crippen LogP contribution in [0, 0.1) is 12.7 Å². The van der Waals surface area contributed by atoms with E-state index in [1.807, 2.05) is 13.0 Å². The molecule has 4 nitrogen and oxygen atoms in total. The first-order valence-electron chi connectivity index (χ1n) is 8.17. The second-order valence-electron chi connectivity index (χ2n) is 5.95. The summed E-state index contributed by atoms with van der Waals surface area (Å²) in [5.41, 5.74) is 2.80. The summed E-state index contributed by atoms with van der Waals surface area (Å²) in [4.78, 5) is 24.6. The van der Waals surface area contributed by atoms with Crippen molar-refractivity contribution >= 4 is 34.8 Å². The predicted molar refractivity (Wildman–Crippen MR) is 105 cm³/mol. The minimum Gasteiger partial charge on any atom is -0.322 e. The first kappa shape index (κ1) is 18.6. The van der Waals surface area contributed by atoms with Gasteiger partial charge in [-0.1, -0.05) is 17.7 Å². The Hall–Kier alpha value is -3.18. The van der Waals surface area contributed by atoms with Gasteiger partial charge in [0.2, 0.25) is 0 Å². The first-order chi connectivity index (χ1) is 12.9. The molecule has 0 fully saturated rings. The summed E-state index contributed by atoms with van der Waals surface area (Å²) >= 11 is 5.96. The summed E-state index contributed by atoms with van der Waals surface area (Å²) < 4.78 is 12.9. The van der Waals surface area contributed by atoms with Gasteiger partial charge in [0, 0.05) is 27.5 Å². The number of carbonyl (C=O) groups is 2. The number of hydrogen-bond donors (Lipinski definition) is 2. The van der Waals surface area contributed by atoms with Gasteiger partial charge in [-0.2, -0.15) is 0 Å². The van der Waals surface area contributed by atoms with Crippen LogP contribution in [0.3, 0.4) is 0 Å². The lowest BCUT2D eigenvalue weighted by atomic mass is 10.1.